The van der Waals surface area contributed by atoms with Crippen LogP contribution in [-0.2, 0) is 17.8 Å². The second-order valence-electron chi connectivity index (χ2n) is 7.57. The highest BCUT2D eigenvalue weighted by Crippen LogP contribution is 2.21. The molecule has 32 heavy (non-hydrogen) atoms. The Morgan fingerprint density at radius 2 is 1.69 bits per heavy atom. The van der Waals surface area contributed by atoms with Crippen LogP contribution in [0.25, 0.3) is 0 Å². The highest BCUT2D eigenvalue weighted by Gasteiger charge is 2.21. The van der Waals surface area contributed by atoms with Crippen LogP contribution in [0.4, 0.5) is 0 Å². The summed E-state index contributed by atoms with van der Waals surface area (Å²) < 4.78 is 5.33. The number of aryl methyl sites for hydroxylation is 1. The van der Waals surface area contributed by atoms with Gasteiger partial charge in [-0.25, -0.2) is 0 Å². The van der Waals surface area contributed by atoms with E-state index in [-0.39, 0.29) is 19.1 Å². The number of carbonyl (C=O) groups is 2. The van der Waals surface area contributed by atoms with Crippen LogP contribution in [0.1, 0.15) is 40.1 Å². The first-order valence-electron chi connectivity index (χ1n) is 10.6. The van der Waals surface area contributed by atoms with Crippen molar-refractivity contribution in [1.29, 1.82) is 0 Å². The average molecular weight is 433 g/mol. The predicted octanol–water partition coefficient (Wildman–Crippen LogP) is 3.49. The Kier molecular flexibility index (Phi) is 8.00. The van der Waals surface area contributed by atoms with Gasteiger partial charge in [0.05, 0.1) is 12.6 Å². The molecule has 0 heterocycles. The molecule has 6 heteroatoms. The van der Waals surface area contributed by atoms with Gasteiger partial charge in [-0.15, -0.1) is 0 Å². The largest absolute Gasteiger partial charge is 0.484 e. The number of hydrogen-bond acceptors (Lipinski definition) is 4. The fourth-order valence-corrected chi connectivity index (χ4v) is 3.37. The number of carbonyl (C=O) groups excluding carboxylic acids is 2. The molecule has 0 radical (unpaired) electrons. The van der Waals surface area contributed by atoms with Gasteiger partial charge >= 0.3 is 0 Å². The second kappa shape index (κ2) is 11.1. The third kappa shape index (κ3) is 6.43. The second-order valence-corrected chi connectivity index (χ2v) is 7.57. The lowest BCUT2D eigenvalue weighted by atomic mass is 10.0. The van der Waals surface area contributed by atoms with E-state index in [2.05, 4.69) is 6.92 Å². The smallest absolute Gasteiger partial charge is 0.255 e. The molecule has 0 aliphatic heterocycles. The first-order valence-corrected chi connectivity index (χ1v) is 10.6. The van der Waals surface area contributed by atoms with E-state index in [1.807, 2.05) is 54.6 Å². The van der Waals surface area contributed by atoms with Crippen LogP contribution in [0.3, 0.4) is 0 Å². The van der Waals surface area contributed by atoms with Crippen molar-refractivity contribution in [3.05, 3.63) is 101 Å². The van der Waals surface area contributed by atoms with Crippen LogP contribution < -0.4 is 10.5 Å². The van der Waals surface area contributed by atoms with Crippen LogP contribution in [0.5, 0.6) is 5.75 Å². The maximum Gasteiger partial charge on any atom is 0.255 e. The van der Waals surface area contributed by atoms with Gasteiger partial charge in [0.25, 0.3) is 11.8 Å². The van der Waals surface area contributed by atoms with E-state index >= 15 is 0 Å². The third-order valence-electron chi connectivity index (χ3n) is 5.13. The van der Waals surface area contributed by atoms with E-state index in [9.17, 15) is 14.7 Å². The van der Waals surface area contributed by atoms with Gasteiger partial charge < -0.3 is 20.5 Å². The van der Waals surface area contributed by atoms with Crippen LogP contribution in [0, 0.1) is 0 Å². The normalized spacial score (nSPS) is 11.6. The Bertz CT molecular complexity index is 1040. The molecule has 3 N–H and O–H groups in total. The summed E-state index contributed by atoms with van der Waals surface area (Å²) >= 11 is 0. The van der Waals surface area contributed by atoms with E-state index in [4.69, 9.17) is 10.5 Å². The quantitative estimate of drug-likeness (QED) is 0.513. The zero-order chi connectivity index (χ0) is 22.9. The lowest BCUT2D eigenvalue weighted by Gasteiger charge is -2.26. The lowest BCUT2D eigenvalue weighted by molar-refractivity contribution is -0.119. The number of amides is 2. The van der Waals surface area contributed by atoms with Crippen LogP contribution in [0.15, 0.2) is 78.9 Å². The minimum atomic E-state index is -0.831. The summed E-state index contributed by atoms with van der Waals surface area (Å²) in [4.78, 5) is 26.0. The van der Waals surface area contributed by atoms with Crippen LogP contribution in [0.2, 0.25) is 0 Å². The Morgan fingerprint density at radius 1 is 0.969 bits per heavy atom. The molecule has 3 rings (SSSR count). The minimum absolute atomic E-state index is 0.131. The van der Waals surface area contributed by atoms with Gasteiger partial charge in [0.1, 0.15) is 5.75 Å². The number of hydrogen-bond donors (Lipinski definition) is 2. The number of rotatable bonds is 10. The zero-order valence-corrected chi connectivity index (χ0v) is 18.1. The van der Waals surface area contributed by atoms with Gasteiger partial charge in [0.2, 0.25) is 0 Å². The Hall–Kier alpha value is -3.64. The molecule has 166 valence electrons. The van der Waals surface area contributed by atoms with Gasteiger partial charge in [0.15, 0.2) is 6.61 Å². The van der Waals surface area contributed by atoms with Crippen LogP contribution in [-0.4, -0.2) is 35.0 Å². The molecule has 3 aromatic carbocycles. The van der Waals surface area contributed by atoms with Gasteiger partial charge in [0, 0.05) is 12.1 Å². The molecule has 0 spiro atoms. The van der Waals surface area contributed by atoms with Gasteiger partial charge in [-0.2, -0.15) is 0 Å². The van der Waals surface area contributed by atoms with Crippen molar-refractivity contribution in [2.45, 2.75) is 26.0 Å². The van der Waals surface area contributed by atoms with E-state index in [0.29, 0.717) is 17.9 Å². The van der Waals surface area contributed by atoms with Crippen molar-refractivity contribution >= 4 is 11.8 Å². The third-order valence-corrected chi connectivity index (χ3v) is 5.13. The summed E-state index contributed by atoms with van der Waals surface area (Å²) in [5, 5.41) is 10.9. The maximum atomic E-state index is 13.4. The first kappa shape index (κ1) is 23.0. The topological polar surface area (TPSA) is 92.9 Å². The van der Waals surface area contributed by atoms with Crippen molar-refractivity contribution in [3.63, 3.8) is 0 Å². The van der Waals surface area contributed by atoms with E-state index in [0.717, 1.165) is 17.5 Å². The molecule has 0 saturated carbocycles. The number of aliphatic hydroxyl groups is 1. The monoisotopic (exact) mass is 432 g/mol. The molecule has 1 unspecified atom stereocenters. The summed E-state index contributed by atoms with van der Waals surface area (Å²) in [6.45, 7) is 2.28. The highest BCUT2D eigenvalue weighted by molar-refractivity contribution is 5.94. The Labute approximate surface area is 188 Å². The number of benzene rings is 3. The van der Waals surface area contributed by atoms with E-state index in [1.54, 1.807) is 29.2 Å². The summed E-state index contributed by atoms with van der Waals surface area (Å²) in [6.07, 6.45) is 0.0891. The number of ether oxygens (including phenoxy) is 1. The molecule has 6 nitrogen and oxygen atoms in total. The van der Waals surface area contributed by atoms with Crippen LogP contribution >= 0.6 is 0 Å². The summed E-state index contributed by atoms with van der Waals surface area (Å²) in [5.41, 5.74) is 8.43. The predicted molar refractivity (Wildman–Crippen MR) is 123 cm³/mol. The molecule has 0 aliphatic carbocycles. The summed E-state index contributed by atoms with van der Waals surface area (Å²) in [7, 11) is 0. The van der Waals surface area contributed by atoms with Crippen molar-refractivity contribution in [3.8, 4) is 5.75 Å². The molecule has 0 aliphatic rings. The molecule has 0 fully saturated rings. The van der Waals surface area contributed by atoms with Crippen molar-refractivity contribution in [2.24, 2.45) is 5.73 Å². The minimum Gasteiger partial charge on any atom is -0.484 e. The van der Waals surface area contributed by atoms with Gasteiger partial charge in [-0.05, 0) is 41.3 Å². The summed E-state index contributed by atoms with van der Waals surface area (Å²) in [6, 6.07) is 24.0. The molecule has 0 aromatic heterocycles. The molecule has 3 aromatic rings. The Balaban J connectivity index is 1.82. The zero-order valence-electron chi connectivity index (χ0n) is 18.1. The lowest BCUT2D eigenvalue weighted by Crippen LogP contribution is -2.34. The maximum absolute atomic E-state index is 13.4. The van der Waals surface area contributed by atoms with Crippen molar-refractivity contribution in [2.75, 3.05) is 13.2 Å². The molecular weight excluding hydrogens is 404 g/mol. The fraction of sp³-hybridized carbons (Fsp3) is 0.231. The number of aliphatic hydroxyl groups excluding tert-OH is 1. The highest BCUT2D eigenvalue weighted by atomic mass is 16.5. The SMILES string of the molecule is CCc1ccc(C(O)CN(Cc2ccccc2)C(=O)c2cccc(OCC(N)=O)c2)cc1. The van der Waals surface area contributed by atoms with Gasteiger partial charge in [-0.1, -0.05) is 67.6 Å². The molecule has 1 atom stereocenters. The summed E-state index contributed by atoms with van der Waals surface area (Å²) in [5.74, 6) is -0.461. The van der Waals surface area contributed by atoms with E-state index in [1.165, 1.54) is 5.56 Å². The molecule has 0 bridgehead atoms. The number of primary amides is 1. The average Bonchev–Trinajstić information content (AvgIpc) is 2.82. The number of nitrogens with zero attached hydrogens (tertiary/aromatic N) is 1. The van der Waals surface area contributed by atoms with Crippen molar-refractivity contribution < 1.29 is 19.4 Å². The van der Waals surface area contributed by atoms with Crippen molar-refractivity contribution in [1.82, 2.24) is 4.90 Å². The molecular formula is C26H28N2O4. The van der Waals surface area contributed by atoms with E-state index < -0.39 is 12.0 Å². The fourth-order valence-electron chi connectivity index (χ4n) is 3.37. The molecule has 0 saturated heterocycles. The number of nitrogens with two attached hydrogens (primary N) is 1. The first-order chi connectivity index (χ1) is 15.5. The standard InChI is InChI=1S/C26H28N2O4/c1-2-19-11-13-21(14-12-19)24(29)17-28(16-20-7-4-3-5-8-20)26(31)22-9-6-10-23(15-22)32-18-25(27)30/h3-15,24,29H,2,16-18H2,1H3,(H2,27,30). The van der Waals surface area contributed by atoms with Gasteiger partial charge in [-0.3, -0.25) is 9.59 Å². The molecule has 2 amide bonds. The Morgan fingerprint density at radius 3 is 2.34 bits per heavy atom.